The van der Waals surface area contributed by atoms with Crippen molar-refractivity contribution in [2.24, 2.45) is 0 Å². The summed E-state index contributed by atoms with van der Waals surface area (Å²) in [5.41, 5.74) is 0. The van der Waals surface area contributed by atoms with Gasteiger partial charge in [0.05, 0.1) is 11.4 Å². The van der Waals surface area contributed by atoms with Gasteiger partial charge in [0.15, 0.2) is 0 Å². The van der Waals surface area contributed by atoms with Crippen LogP contribution in [0.5, 0.6) is 0 Å². The van der Waals surface area contributed by atoms with Gasteiger partial charge in [0, 0.05) is 11.4 Å². The second-order valence-electron chi connectivity index (χ2n) is 5.52. The van der Waals surface area contributed by atoms with Gasteiger partial charge in [0.25, 0.3) is 0 Å². The minimum Gasteiger partial charge on any atom is -0.367 e. The maximum Gasteiger partial charge on any atom is 0.138 e. The van der Waals surface area contributed by atoms with E-state index in [2.05, 4.69) is 49.1 Å². The number of hydrogen-bond acceptors (Lipinski definition) is 6. The Morgan fingerprint density at radius 1 is 1.14 bits per heavy atom. The van der Waals surface area contributed by atoms with Crippen LogP contribution in [0.3, 0.4) is 0 Å². The Kier molecular flexibility index (Phi) is 4.05. The molecule has 1 aliphatic rings. The van der Waals surface area contributed by atoms with Gasteiger partial charge in [0.2, 0.25) is 0 Å². The number of aromatic nitrogens is 2. The average Bonchev–Trinajstić information content (AvgIpc) is 3.30. The molecule has 1 aliphatic heterocycles. The molecule has 114 valence electrons. The van der Waals surface area contributed by atoms with E-state index in [1.165, 1.54) is 30.8 Å². The van der Waals surface area contributed by atoms with Crippen molar-refractivity contribution < 1.29 is 0 Å². The van der Waals surface area contributed by atoms with Gasteiger partial charge < -0.3 is 5.32 Å². The molecule has 3 aromatic heterocycles. The van der Waals surface area contributed by atoms with Crippen LogP contribution in [0.25, 0.3) is 10.2 Å². The molecule has 0 aliphatic carbocycles. The van der Waals surface area contributed by atoms with Crippen LogP contribution in [-0.2, 0) is 0 Å². The summed E-state index contributed by atoms with van der Waals surface area (Å²) in [5.74, 6) is 0.951. The van der Waals surface area contributed by atoms with Crippen LogP contribution in [0.15, 0.2) is 35.3 Å². The van der Waals surface area contributed by atoms with Gasteiger partial charge in [-0.15, -0.1) is 22.7 Å². The van der Waals surface area contributed by atoms with E-state index < -0.39 is 0 Å². The number of fused-ring (bicyclic) bond motifs is 1. The van der Waals surface area contributed by atoms with E-state index in [4.69, 9.17) is 0 Å². The van der Waals surface area contributed by atoms with Crippen LogP contribution < -0.4 is 5.32 Å². The molecule has 1 atom stereocenters. The summed E-state index contributed by atoms with van der Waals surface area (Å²) in [6, 6.07) is 6.92. The van der Waals surface area contributed by atoms with Crippen molar-refractivity contribution in [2.45, 2.75) is 18.9 Å². The van der Waals surface area contributed by atoms with Crippen molar-refractivity contribution in [3.8, 4) is 0 Å². The van der Waals surface area contributed by atoms with Gasteiger partial charge in [-0.05, 0) is 48.8 Å². The molecule has 0 saturated carbocycles. The smallest absolute Gasteiger partial charge is 0.138 e. The largest absolute Gasteiger partial charge is 0.367 e. The summed E-state index contributed by atoms with van der Waals surface area (Å²) in [6.45, 7) is 3.28. The molecule has 22 heavy (non-hydrogen) atoms. The van der Waals surface area contributed by atoms with Gasteiger partial charge in [-0.25, -0.2) is 9.97 Å². The summed E-state index contributed by atoms with van der Waals surface area (Å²) < 4.78 is 0. The highest BCUT2D eigenvalue weighted by atomic mass is 32.1. The Bertz CT molecular complexity index is 732. The third-order valence-electron chi connectivity index (χ3n) is 4.18. The van der Waals surface area contributed by atoms with Crippen molar-refractivity contribution in [1.29, 1.82) is 0 Å². The highest BCUT2D eigenvalue weighted by molar-refractivity contribution is 7.16. The molecule has 0 amide bonds. The molecule has 1 N–H and O–H groups in total. The first-order chi connectivity index (χ1) is 10.9. The predicted octanol–water partition coefficient (Wildman–Crippen LogP) is 4.00. The first-order valence-electron chi connectivity index (χ1n) is 7.61. The van der Waals surface area contributed by atoms with Crippen molar-refractivity contribution >= 4 is 38.7 Å². The van der Waals surface area contributed by atoms with E-state index in [0.717, 1.165) is 22.6 Å². The molecule has 1 fully saturated rings. The van der Waals surface area contributed by atoms with Crippen molar-refractivity contribution in [3.05, 3.63) is 40.2 Å². The van der Waals surface area contributed by atoms with E-state index in [1.807, 2.05) is 11.3 Å². The Balaban J connectivity index is 1.55. The number of nitrogens with zero attached hydrogens (tertiary/aromatic N) is 3. The second-order valence-corrected chi connectivity index (χ2v) is 7.39. The fourth-order valence-electron chi connectivity index (χ4n) is 3.07. The highest BCUT2D eigenvalue weighted by Crippen LogP contribution is 2.30. The van der Waals surface area contributed by atoms with Crippen molar-refractivity contribution in [2.75, 3.05) is 25.0 Å². The van der Waals surface area contributed by atoms with Crippen LogP contribution in [0.2, 0.25) is 0 Å². The summed E-state index contributed by atoms with van der Waals surface area (Å²) in [7, 11) is 0. The lowest BCUT2D eigenvalue weighted by molar-refractivity contribution is 0.259. The first kappa shape index (κ1) is 14.1. The molecule has 4 nitrogen and oxygen atoms in total. The Labute approximate surface area is 137 Å². The second kappa shape index (κ2) is 6.32. The molecule has 0 aromatic carbocycles. The Morgan fingerprint density at radius 3 is 2.86 bits per heavy atom. The van der Waals surface area contributed by atoms with Gasteiger partial charge in [-0.2, -0.15) is 0 Å². The third-order valence-corrected chi connectivity index (χ3v) is 5.97. The number of thiophene rings is 2. The first-order valence-corrected chi connectivity index (χ1v) is 9.37. The quantitative estimate of drug-likeness (QED) is 0.767. The fraction of sp³-hybridized carbons (Fsp3) is 0.375. The van der Waals surface area contributed by atoms with Crippen LogP contribution >= 0.6 is 22.7 Å². The molecule has 0 unspecified atom stereocenters. The van der Waals surface area contributed by atoms with Crippen molar-refractivity contribution in [3.63, 3.8) is 0 Å². The zero-order valence-corrected chi connectivity index (χ0v) is 13.9. The maximum absolute atomic E-state index is 4.43. The molecular formula is C16H18N4S2. The molecule has 1 saturated heterocycles. The van der Waals surface area contributed by atoms with E-state index in [0.29, 0.717) is 6.04 Å². The molecule has 4 heterocycles. The summed E-state index contributed by atoms with van der Waals surface area (Å²) in [4.78, 5) is 13.8. The SMILES string of the molecule is c1csc([C@@H](CNc2ncnc3sccc23)N2CCCC2)c1. The average molecular weight is 330 g/mol. The van der Waals surface area contributed by atoms with Crippen LogP contribution in [-0.4, -0.2) is 34.5 Å². The molecule has 0 spiro atoms. The maximum atomic E-state index is 4.43. The van der Waals surface area contributed by atoms with E-state index in [1.54, 1.807) is 17.7 Å². The number of hydrogen-bond donors (Lipinski definition) is 1. The lowest BCUT2D eigenvalue weighted by atomic mass is 10.2. The topological polar surface area (TPSA) is 41.1 Å². The van der Waals surface area contributed by atoms with Crippen LogP contribution in [0.1, 0.15) is 23.8 Å². The predicted molar refractivity (Wildman–Crippen MR) is 93.8 cm³/mol. The zero-order chi connectivity index (χ0) is 14.8. The molecular weight excluding hydrogens is 312 g/mol. The lowest BCUT2D eigenvalue weighted by Crippen LogP contribution is -2.30. The van der Waals surface area contributed by atoms with Gasteiger partial charge in [-0.1, -0.05) is 6.07 Å². The molecule has 6 heteroatoms. The lowest BCUT2D eigenvalue weighted by Gasteiger charge is -2.27. The molecule has 0 bridgehead atoms. The van der Waals surface area contributed by atoms with E-state index in [9.17, 15) is 0 Å². The number of rotatable bonds is 5. The van der Waals surface area contributed by atoms with Gasteiger partial charge >= 0.3 is 0 Å². The third kappa shape index (κ3) is 2.74. The molecule has 0 radical (unpaired) electrons. The minimum atomic E-state index is 0.436. The Morgan fingerprint density at radius 2 is 2.05 bits per heavy atom. The molecule has 3 aromatic rings. The van der Waals surface area contributed by atoms with E-state index >= 15 is 0 Å². The number of nitrogens with one attached hydrogen (secondary N) is 1. The normalized spacial score (nSPS) is 17.1. The van der Waals surface area contributed by atoms with E-state index in [-0.39, 0.29) is 0 Å². The monoisotopic (exact) mass is 330 g/mol. The Hall–Kier alpha value is -1.50. The summed E-state index contributed by atoms with van der Waals surface area (Å²) in [6.07, 6.45) is 4.27. The van der Waals surface area contributed by atoms with Gasteiger partial charge in [-0.3, -0.25) is 4.90 Å². The number of anilines is 1. The van der Waals surface area contributed by atoms with Crippen LogP contribution in [0, 0.1) is 0 Å². The van der Waals surface area contributed by atoms with Crippen molar-refractivity contribution in [1.82, 2.24) is 14.9 Å². The van der Waals surface area contributed by atoms with Crippen LogP contribution in [0.4, 0.5) is 5.82 Å². The fourth-order valence-corrected chi connectivity index (χ4v) is 4.66. The highest BCUT2D eigenvalue weighted by Gasteiger charge is 2.24. The number of likely N-dealkylation sites (tertiary alicyclic amines) is 1. The minimum absolute atomic E-state index is 0.436. The zero-order valence-electron chi connectivity index (χ0n) is 12.2. The summed E-state index contributed by atoms with van der Waals surface area (Å²) in [5, 5.41) is 8.92. The standard InChI is InChI=1S/C16H18N4S2/c1-2-7-20(6-1)13(14-4-3-8-21-14)10-17-15-12-5-9-22-16(12)19-11-18-15/h3-5,8-9,11,13H,1-2,6-7,10H2,(H,17,18,19)/t13-/m1/s1. The van der Waals surface area contributed by atoms with Gasteiger partial charge in [0.1, 0.15) is 17.0 Å². The molecule has 4 rings (SSSR count). The summed E-state index contributed by atoms with van der Waals surface area (Å²) >= 11 is 3.51.